The van der Waals surface area contributed by atoms with Gasteiger partial charge < -0.3 is 18.4 Å². The molecule has 35 heavy (non-hydrogen) atoms. The van der Waals surface area contributed by atoms with E-state index in [0.717, 1.165) is 67.2 Å². The van der Waals surface area contributed by atoms with Gasteiger partial charge in [0.15, 0.2) is 23.0 Å². The van der Waals surface area contributed by atoms with Crippen LogP contribution in [-0.2, 0) is 13.1 Å². The molecule has 0 bridgehead atoms. The summed E-state index contributed by atoms with van der Waals surface area (Å²) in [6, 6.07) is 20.7. The molecule has 1 saturated heterocycles. The van der Waals surface area contributed by atoms with Crippen molar-refractivity contribution in [3.8, 4) is 23.0 Å². The van der Waals surface area contributed by atoms with Gasteiger partial charge in [-0.05, 0) is 54.4 Å². The summed E-state index contributed by atoms with van der Waals surface area (Å²) in [5.74, 6) is 3.04. The summed E-state index contributed by atoms with van der Waals surface area (Å²) in [5, 5.41) is 0. The molecule has 0 atom stereocenters. The lowest BCUT2D eigenvalue weighted by molar-refractivity contribution is 0.122. The third-order valence-corrected chi connectivity index (χ3v) is 6.93. The number of hydrogen-bond acceptors (Lipinski definition) is 7. The summed E-state index contributed by atoms with van der Waals surface area (Å²) in [7, 11) is 5.03. The summed E-state index contributed by atoms with van der Waals surface area (Å²) < 4.78 is 22.4. The van der Waals surface area contributed by atoms with Gasteiger partial charge in [0.05, 0.1) is 33.4 Å². The molecule has 0 N–H and O–H groups in total. The second kappa shape index (κ2) is 12.2. The van der Waals surface area contributed by atoms with E-state index < -0.39 is 0 Å². The van der Waals surface area contributed by atoms with Crippen molar-refractivity contribution in [2.75, 3.05) is 47.5 Å². The number of aryl methyl sites for hydroxylation is 1. The molecule has 1 heterocycles. The number of piperazine rings is 1. The highest BCUT2D eigenvalue weighted by Crippen LogP contribution is 2.33. The van der Waals surface area contributed by atoms with Crippen LogP contribution in [0.3, 0.4) is 0 Å². The molecular weight excluding hydrogens is 460 g/mol. The Morgan fingerprint density at radius 1 is 0.629 bits per heavy atom. The Bertz CT molecular complexity index is 1100. The topological polar surface area (TPSA) is 43.4 Å². The van der Waals surface area contributed by atoms with Crippen LogP contribution >= 0.6 is 12.0 Å². The molecule has 3 aromatic rings. The lowest BCUT2D eigenvalue weighted by Gasteiger charge is -2.34. The number of methoxy groups -OCH3 is 3. The van der Waals surface area contributed by atoms with Gasteiger partial charge in [-0.15, -0.1) is 0 Å². The Labute approximate surface area is 212 Å². The van der Waals surface area contributed by atoms with Crippen LogP contribution in [0.4, 0.5) is 0 Å². The van der Waals surface area contributed by atoms with Crippen molar-refractivity contribution in [3.05, 3.63) is 77.4 Å². The monoisotopic (exact) mass is 494 g/mol. The second-order valence-corrected chi connectivity index (χ2v) is 9.51. The van der Waals surface area contributed by atoms with Crippen LogP contribution in [0.2, 0.25) is 0 Å². The van der Waals surface area contributed by atoms with Crippen LogP contribution in [-0.4, -0.2) is 57.3 Å². The number of nitrogens with zero attached hydrogens (tertiary/aromatic N) is 2. The molecule has 0 amide bonds. The molecule has 0 aromatic heterocycles. The van der Waals surface area contributed by atoms with Crippen molar-refractivity contribution in [1.29, 1.82) is 0 Å². The summed E-state index contributed by atoms with van der Waals surface area (Å²) >= 11 is 1.35. The number of hydrogen-bond donors (Lipinski definition) is 0. The van der Waals surface area contributed by atoms with Crippen LogP contribution in [0.5, 0.6) is 23.0 Å². The predicted octanol–water partition coefficient (Wildman–Crippen LogP) is 5.42. The van der Waals surface area contributed by atoms with E-state index in [4.69, 9.17) is 18.4 Å². The van der Waals surface area contributed by atoms with Crippen molar-refractivity contribution in [2.45, 2.75) is 24.9 Å². The first-order valence-corrected chi connectivity index (χ1v) is 12.6. The molecule has 3 aromatic carbocycles. The Morgan fingerprint density at radius 2 is 1.11 bits per heavy atom. The average molecular weight is 495 g/mol. The van der Waals surface area contributed by atoms with Gasteiger partial charge in [0.2, 0.25) is 0 Å². The first-order chi connectivity index (χ1) is 17.1. The van der Waals surface area contributed by atoms with E-state index in [-0.39, 0.29) is 0 Å². The lowest BCUT2D eigenvalue weighted by atomic mass is 10.1. The van der Waals surface area contributed by atoms with Crippen molar-refractivity contribution in [2.24, 2.45) is 0 Å². The fraction of sp³-hybridized carbons (Fsp3) is 0.357. The summed E-state index contributed by atoms with van der Waals surface area (Å²) in [6.45, 7) is 7.99. The third-order valence-electron chi connectivity index (χ3n) is 6.20. The number of benzene rings is 3. The lowest BCUT2D eigenvalue weighted by Crippen LogP contribution is -2.45. The smallest absolute Gasteiger partial charge is 0.179 e. The maximum Gasteiger partial charge on any atom is 0.179 e. The van der Waals surface area contributed by atoms with E-state index in [2.05, 4.69) is 65.3 Å². The molecule has 1 aliphatic rings. The maximum atomic E-state index is 5.96. The summed E-state index contributed by atoms with van der Waals surface area (Å²) in [5.41, 5.74) is 3.70. The van der Waals surface area contributed by atoms with Gasteiger partial charge in [-0.25, -0.2) is 0 Å². The molecule has 0 radical (unpaired) electrons. The molecule has 4 rings (SSSR count). The first-order valence-electron chi connectivity index (χ1n) is 11.8. The minimum atomic E-state index is 0.738. The van der Waals surface area contributed by atoms with Gasteiger partial charge in [-0.1, -0.05) is 29.8 Å². The van der Waals surface area contributed by atoms with Crippen molar-refractivity contribution in [3.63, 3.8) is 0 Å². The minimum Gasteiger partial charge on any atom is -0.493 e. The fourth-order valence-electron chi connectivity index (χ4n) is 4.17. The van der Waals surface area contributed by atoms with Crippen LogP contribution < -0.4 is 18.4 Å². The van der Waals surface area contributed by atoms with Gasteiger partial charge in [-0.2, -0.15) is 0 Å². The molecule has 0 aliphatic carbocycles. The van der Waals surface area contributed by atoms with Crippen LogP contribution in [0.25, 0.3) is 0 Å². The standard InChI is InChI=1S/C28H34N2O4S/c1-21-5-9-24(10-6-21)35-34-26-12-8-23(18-28(26)33-4)20-30-15-13-29(14-16-30)19-22-7-11-25(31-2)27(17-22)32-3/h5-12,17-18H,13-16,19-20H2,1-4H3. The van der Waals surface area contributed by atoms with E-state index in [1.807, 2.05) is 12.1 Å². The molecule has 1 fully saturated rings. The Hall–Kier alpha value is -2.87. The highest BCUT2D eigenvalue weighted by molar-refractivity contribution is 7.95. The largest absolute Gasteiger partial charge is 0.493 e. The number of ether oxygens (including phenoxy) is 3. The van der Waals surface area contributed by atoms with Gasteiger partial charge >= 0.3 is 0 Å². The first kappa shape index (κ1) is 25.2. The van der Waals surface area contributed by atoms with E-state index in [1.165, 1.54) is 28.7 Å². The van der Waals surface area contributed by atoms with Crippen molar-refractivity contribution < 1.29 is 18.4 Å². The van der Waals surface area contributed by atoms with Crippen LogP contribution in [0, 0.1) is 6.92 Å². The maximum absolute atomic E-state index is 5.96. The molecule has 7 heteroatoms. The highest BCUT2D eigenvalue weighted by Gasteiger charge is 2.18. The van der Waals surface area contributed by atoms with Gasteiger partial charge in [0, 0.05) is 44.2 Å². The molecular formula is C28H34N2O4S. The van der Waals surface area contributed by atoms with Crippen molar-refractivity contribution in [1.82, 2.24) is 9.80 Å². The van der Waals surface area contributed by atoms with Crippen molar-refractivity contribution >= 4 is 12.0 Å². The zero-order valence-electron chi connectivity index (χ0n) is 21.0. The van der Waals surface area contributed by atoms with E-state index in [1.54, 1.807) is 21.3 Å². The number of rotatable bonds is 10. The zero-order valence-corrected chi connectivity index (χ0v) is 21.8. The SMILES string of the molecule is COc1ccc(CN2CCN(Cc3ccc(OSc4ccc(C)cc4)c(OC)c3)CC2)cc1OC. The molecule has 6 nitrogen and oxygen atoms in total. The van der Waals surface area contributed by atoms with E-state index in [9.17, 15) is 0 Å². The Balaban J connectivity index is 1.28. The zero-order chi connectivity index (χ0) is 24.6. The van der Waals surface area contributed by atoms with Crippen LogP contribution in [0.15, 0.2) is 65.6 Å². The molecule has 0 spiro atoms. The minimum absolute atomic E-state index is 0.738. The van der Waals surface area contributed by atoms with Crippen LogP contribution in [0.1, 0.15) is 16.7 Å². The summed E-state index contributed by atoms with van der Waals surface area (Å²) in [4.78, 5) is 6.03. The van der Waals surface area contributed by atoms with Gasteiger partial charge in [-0.3, -0.25) is 9.80 Å². The molecule has 0 saturated carbocycles. The van der Waals surface area contributed by atoms with E-state index >= 15 is 0 Å². The fourth-order valence-corrected chi connectivity index (χ4v) is 4.74. The quantitative estimate of drug-likeness (QED) is 0.349. The molecule has 0 unspecified atom stereocenters. The third kappa shape index (κ3) is 6.84. The Kier molecular flexibility index (Phi) is 8.79. The Morgan fingerprint density at radius 3 is 1.63 bits per heavy atom. The molecule has 1 aliphatic heterocycles. The average Bonchev–Trinajstić information content (AvgIpc) is 2.89. The molecule has 186 valence electrons. The van der Waals surface area contributed by atoms with E-state index in [0.29, 0.717) is 0 Å². The highest BCUT2D eigenvalue weighted by atomic mass is 32.2. The summed E-state index contributed by atoms with van der Waals surface area (Å²) in [6.07, 6.45) is 0. The predicted molar refractivity (Wildman–Crippen MR) is 141 cm³/mol. The van der Waals surface area contributed by atoms with Gasteiger partial charge in [0.1, 0.15) is 0 Å². The normalized spacial score (nSPS) is 14.5. The van der Waals surface area contributed by atoms with Gasteiger partial charge in [0.25, 0.3) is 0 Å². The second-order valence-electron chi connectivity index (χ2n) is 8.71.